The van der Waals surface area contributed by atoms with Crippen LogP contribution in [-0.2, 0) is 6.54 Å². The fourth-order valence-electron chi connectivity index (χ4n) is 3.29. The molecule has 0 saturated heterocycles. The normalized spacial score (nSPS) is 24.2. The van der Waals surface area contributed by atoms with E-state index in [2.05, 4.69) is 33.9 Å². The van der Waals surface area contributed by atoms with Gasteiger partial charge < -0.3 is 9.88 Å². The minimum Gasteiger partial charge on any atom is -0.312 e. The van der Waals surface area contributed by atoms with Crippen molar-refractivity contribution in [1.82, 2.24) is 20.1 Å². The number of fused-ring (bicyclic) bond motifs is 1. The lowest BCUT2D eigenvalue weighted by molar-refractivity contribution is 0.370. The highest BCUT2D eigenvalue weighted by Crippen LogP contribution is 2.42. The van der Waals surface area contributed by atoms with Gasteiger partial charge in [-0.1, -0.05) is 26.7 Å². The molecule has 3 rings (SSSR count). The van der Waals surface area contributed by atoms with Crippen molar-refractivity contribution < 1.29 is 0 Å². The number of nitrogens with zero attached hydrogens (tertiary/aromatic N) is 3. The molecule has 0 spiro atoms. The molecule has 1 saturated carbocycles. The molecule has 2 atom stereocenters. The maximum Gasteiger partial charge on any atom is 0.150 e. The van der Waals surface area contributed by atoms with Crippen molar-refractivity contribution in [2.45, 2.75) is 70.9 Å². The first-order valence-electron chi connectivity index (χ1n) is 8.01. The van der Waals surface area contributed by atoms with Gasteiger partial charge in [-0.2, -0.15) is 0 Å². The largest absolute Gasteiger partial charge is 0.312 e. The van der Waals surface area contributed by atoms with Crippen LogP contribution in [0.1, 0.15) is 76.0 Å². The Bertz CT molecular complexity index is 422. The van der Waals surface area contributed by atoms with Gasteiger partial charge in [-0.25, -0.2) is 0 Å². The second-order valence-electron chi connectivity index (χ2n) is 6.08. The van der Waals surface area contributed by atoms with E-state index in [0.29, 0.717) is 12.0 Å². The van der Waals surface area contributed by atoms with Crippen LogP contribution < -0.4 is 5.32 Å². The molecule has 1 fully saturated rings. The molecule has 2 heterocycles. The van der Waals surface area contributed by atoms with E-state index >= 15 is 0 Å². The highest BCUT2D eigenvalue weighted by molar-refractivity contribution is 5.11. The van der Waals surface area contributed by atoms with Gasteiger partial charge in [0.25, 0.3) is 0 Å². The first kappa shape index (κ1) is 13.1. The van der Waals surface area contributed by atoms with E-state index in [9.17, 15) is 0 Å². The lowest BCUT2D eigenvalue weighted by Gasteiger charge is -2.26. The summed E-state index contributed by atoms with van der Waals surface area (Å²) in [6.07, 6.45) is 7.71. The van der Waals surface area contributed by atoms with Crippen molar-refractivity contribution in [3.8, 4) is 0 Å². The maximum absolute atomic E-state index is 4.56. The Morgan fingerprint density at radius 3 is 2.84 bits per heavy atom. The topological polar surface area (TPSA) is 42.7 Å². The molecule has 4 heteroatoms. The van der Waals surface area contributed by atoms with Crippen LogP contribution in [0.25, 0.3) is 0 Å². The lowest BCUT2D eigenvalue weighted by Crippen LogP contribution is -2.35. The fourth-order valence-corrected chi connectivity index (χ4v) is 3.29. The summed E-state index contributed by atoms with van der Waals surface area (Å²) in [7, 11) is 0. The molecule has 1 aromatic heterocycles. The van der Waals surface area contributed by atoms with Crippen LogP contribution in [-0.4, -0.2) is 21.3 Å². The number of aromatic nitrogens is 3. The van der Waals surface area contributed by atoms with E-state index < -0.39 is 0 Å². The van der Waals surface area contributed by atoms with Crippen molar-refractivity contribution in [2.24, 2.45) is 5.92 Å². The Morgan fingerprint density at radius 1 is 1.32 bits per heavy atom. The van der Waals surface area contributed by atoms with Crippen molar-refractivity contribution in [3.63, 3.8) is 0 Å². The van der Waals surface area contributed by atoms with E-state index in [1.807, 2.05) is 0 Å². The number of hydrogen-bond donors (Lipinski definition) is 1. The lowest BCUT2D eigenvalue weighted by atomic mass is 9.98. The minimum absolute atomic E-state index is 0.471. The second kappa shape index (κ2) is 5.61. The highest BCUT2D eigenvalue weighted by atomic mass is 15.3. The Morgan fingerprint density at radius 2 is 2.16 bits per heavy atom. The van der Waals surface area contributed by atoms with Crippen LogP contribution in [0.2, 0.25) is 0 Å². The Kier molecular flexibility index (Phi) is 3.87. The molecule has 0 amide bonds. The third-order valence-corrected chi connectivity index (χ3v) is 4.64. The summed E-state index contributed by atoms with van der Waals surface area (Å²) in [5.74, 6) is 3.86. The summed E-state index contributed by atoms with van der Waals surface area (Å²) in [6, 6.07) is 0.471. The van der Waals surface area contributed by atoms with Crippen LogP contribution >= 0.6 is 0 Å². The van der Waals surface area contributed by atoms with E-state index in [4.69, 9.17) is 0 Å². The summed E-state index contributed by atoms with van der Waals surface area (Å²) < 4.78 is 2.42. The molecule has 106 valence electrons. The SMILES string of the molecule is CCCCC(CC)c1nnc2n1CCNC2C1CC1. The van der Waals surface area contributed by atoms with Crippen LogP contribution in [0, 0.1) is 5.92 Å². The van der Waals surface area contributed by atoms with Crippen LogP contribution in [0.15, 0.2) is 0 Å². The molecule has 1 aliphatic carbocycles. The summed E-state index contributed by atoms with van der Waals surface area (Å²) in [4.78, 5) is 0. The molecule has 1 aliphatic heterocycles. The summed E-state index contributed by atoms with van der Waals surface area (Å²) in [5.41, 5.74) is 0. The van der Waals surface area contributed by atoms with Gasteiger partial charge in [-0.15, -0.1) is 10.2 Å². The average Bonchev–Trinajstić information content (AvgIpc) is 3.20. The van der Waals surface area contributed by atoms with Crippen LogP contribution in [0.5, 0.6) is 0 Å². The van der Waals surface area contributed by atoms with Crippen molar-refractivity contribution in [2.75, 3.05) is 6.54 Å². The molecular formula is C15H26N4. The molecular weight excluding hydrogens is 236 g/mol. The third-order valence-electron chi connectivity index (χ3n) is 4.64. The van der Waals surface area contributed by atoms with Crippen molar-refractivity contribution >= 4 is 0 Å². The van der Waals surface area contributed by atoms with Gasteiger partial charge in [0.15, 0.2) is 5.82 Å². The van der Waals surface area contributed by atoms with Gasteiger partial charge in [0.1, 0.15) is 5.82 Å². The number of hydrogen-bond acceptors (Lipinski definition) is 3. The molecule has 4 nitrogen and oxygen atoms in total. The quantitative estimate of drug-likeness (QED) is 0.857. The molecule has 0 aromatic carbocycles. The predicted octanol–water partition coefficient (Wildman–Crippen LogP) is 3.02. The van der Waals surface area contributed by atoms with E-state index in [-0.39, 0.29) is 0 Å². The van der Waals surface area contributed by atoms with Crippen molar-refractivity contribution in [3.05, 3.63) is 11.6 Å². The standard InChI is InChI=1S/C15H26N4/c1-3-5-6-11(4-2)14-17-18-15-13(12-7-8-12)16-9-10-19(14)15/h11-13,16H,3-10H2,1-2H3. The first-order chi connectivity index (χ1) is 9.35. The second-order valence-corrected chi connectivity index (χ2v) is 6.08. The Labute approximate surface area is 116 Å². The van der Waals surface area contributed by atoms with E-state index in [0.717, 1.165) is 19.0 Å². The van der Waals surface area contributed by atoms with Gasteiger partial charge in [-0.3, -0.25) is 0 Å². The monoisotopic (exact) mass is 262 g/mol. The molecule has 0 bridgehead atoms. The molecule has 1 N–H and O–H groups in total. The molecule has 2 unspecified atom stereocenters. The van der Waals surface area contributed by atoms with Crippen LogP contribution in [0.3, 0.4) is 0 Å². The van der Waals surface area contributed by atoms with E-state index in [1.165, 1.54) is 50.2 Å². The predicted molar refractivity (Wildman–Crippen MR) is 76.0 cm³/mol. The zero-order valence-corrected chi connectivity index (χ0v) is 12.2. The number of nitrogens with one attached hydrogen (secondary N) is 1. The molecule has 0 radical (unpaired) electrons. The summed E-state index contributed by atoms with van der Waals surface area (Å²) in [6.45, 7) is 6.66. The highest BCUT2D eigenvalue weighted by Gasteiger charge is 2.38. The van der Waals surface area contributed by atoms with E-state index in [1.54, 1.807) is 0 Å². The van der Waals surface area contributed by atoms with Crippen molar-refractivity contribution in [1.29, 1.82) is 0 Å². The van der Waals surface area contributed by atoms with Gasteiger partial charge in [-0.05, 0) is 31.6 Å². The molecule has 19 heavy (non-hydrogen) atoms. The number of unbranched alkanes of at least 4 members (excludes halogenated alkanes) is 1. The van der Waals surface area contributed by atoms with Gasteiger partial charge in [0.2, 0.25) is 0 Å². The number of rotatable bonds is 6. The smallest absolute Gasteiger partial charge is 0.150 e. The summed E-state index contributed by atoms with van der Waals surface area (Å²) >= 11 is 0. The van der Waals surface area contributed by atoms with Gasteiger partial charge in [0, 0.05) is 19.0 Å². The third kappa shape index (κ3) is 2.55. The Balaban J connectivity index is 1.82. The average molecular weight is 262 g/mol. The zero-order valence-electron chi connectivity index (χ0n) is 12.2. The zero-order chi connectivity index (χ0) is 13.2. The van der Waals surface area contributed by atoms with Crippen LogP contribution in [0.4, 0.5) is 0 Å². The maximum atomic E-state index is 4.56. The first-order valence-corrected chi connectivity index (χ1v) is 8.01. The fraction of sp³-hybridized carbons (Fsp3) is 0.867. The molecule has 1 aromatic rings. The van der Waals surface area contributed by atoms with Gasteiger partial charge >= 0.3 is 0 Å². The molecule has 2 aliphatic rings. The Hall–Kier alpha value is -0.900. The summed E-state index contributed by atoms with van der Waals surface area (Å²) in [5, 5.41) is 12.7. The minimum atomic E-state index is 0.471. The van der Waals surface area contributed by atoms with Gasteiger partial charge in [0.05, 0.1) is 6.04 Å².